The van der Waals surface area contributed by atoms with Gasteiger partial charge in [0.1, 0.15) is 5.75 Å². The van der Waals surface area contributed by atoms with E-state index in [-0.39, 0.29) is 24.9 Å². The monoisotopic (exact) mass is 314 g/mol. The maximum Gasteiger partial charge on any atom is 0.257 e. The summed E-state index contributed by atoms with van der Waals surface area (Å²) >= 11 is 0. The topological polar surface area (TPSA) is 50.4 Å². The van der Waals surface area contributed by atoms with E-state index in [1.54, 1.807) is 0 Å². The number of aryl methyl sites for hydroxylation is 3. The van der Waals surface area contributed by atoms with E-state index < -0.39 is 0 Å². The molecule has 0 aliphatic heterocycles. The molecule has 0 aromatic heterocycles. The Morgan fingerprint density at radius 3 is 2.29 bits per heavy atom. The quantitative estimate of drug-likeness (QED) is 0.725. The molecule has 0 aliphatic rings. The summed E-state index contributed by atoms with van der Waals surface area (Å²) < 4.78 is 5.63. The van der Waals surface area contributed by atoms with Crippen LogP contribution in [0.3, 0.4) is 0 Å². The van der Waals surface area contributed by atoms with E-state index in [1.807, 2.05) is 13.8 Å². The van der Waals surface area contributed by atoms with Crippen LogP contribution in [0.25, 0.3) is 0 Å². The van der Waals surface area contributed by atoms with E-state index in [4.69, 9.17) is 4.74 Å². The number of benzene rings is 1. The molecule has 1 rings (SSSR count). The van der Waals surface area contributed by atoms with Crippen LogP contribution < -0.4 is 15.4 Å². The highest BCUT2D eigenvalue weighted by Crippen LogP contribution is 2.24. The minimum atomic E-state index is -0.0809. The summed E-state index contributed by atoms with van der Waals surface area (Å²) in [5.74, 6) is 0.734. The van der Waals surface area contributed by atoms with Gasteiger partial charge in [0.15, 0.2) is 6.61 Å². The van der Waals surface area contributed by atoms with Crippen LogP contribution in [0.2, 0.25) is 0 Å². The molecule has 0 unspecified atom stereocenters. The van der Waals surface area contributed by atoms with Gasteiger partial charge in [0.05, 0.1) is 0 Å². The summed E-state index contributed by atoms with van der Waals surface area (Å²) in [6.07, 6.45) is 1.10. The molecule has 0 saturated heterocycles. The van der Waals surface area contributed by atoms with Crippen LogP contribution in [-0.2, 0) is 4.79 Å². The first-order valence-electron chi connectivity index (χ1n) is 7.22. The second-order valence-corrected chi connectivity index (χ2v) is 5.12. The van der Waals surface area contributed by atoms with Crippen LogP contribution in [-0.4, -0.2) is 32.1 Å². The molecule has 5 heteroatoms. The molecule has 2 N–H and O–H groups in total. The lowest BCUT2D eigenvalue weighted by Crippen LogP contribution is -2.35. The van der Waals surface area contributed by atoms with Crippen LogP contribution in [0, 0.1) is 20.8 Å². The van der Waals surface area contributed by atoms with Crippen molar-refractivity contribution in [2.45, 2.75) is 34.1 Å². The number of hydrogen-bond acceptors (Lipinski definition) is 3. The molecular formula is C16H27ClN2O2. The zero-order valence-corrected chi connectivity index (χ0v) is 14.2. The van der Waals surface area contributed by atoms with Gasteiger partial charge in [0, 0.05) is 13.1 Å². The molecular weight excluding hydrogens is 288 g/mol. The standard InChI is InChI=1S/C16H26N2O2.ClH/c1-5-6-17-7-8-18-15(19)11-20-16-13(3)9-12(2)10-14(16)4;/h9-10,17H,5-8,11H2,1-4H3,(H,18,19);1H. The largest absolute Gasteiger partial charge is 0.483 e. The van der Waals surface area contributed by atoms with Gasteiger partial charge in [-0.3, -0.25) is 4.79 Å². The van der Waals surface area contributed by atoms with Crippen molar-refractivity contribution in [1.82, 2.24) is 10.6 Å². The fourth-order valence-electron chi connectivity index (χ4n) is 2.18. The third-order valence-electron chi connectivity index (χ3n) is 3.00. The number of carbonyl (C=O) groups is 1. The summed E-state index contributed by atoms with van der Waals surface area (Å²) in [5, 5.41) is 6.07. The van der Waals surface area contributed by atoms with Crippen molar-refractivity contribution >= 4 is 18.3 Å². The van der Waals surface area contributed by atoms with Gasteiger partial charge in [-0.25, -0.2) is 0 Å². The normalized spacial score (nSPS) is 9.90. The molecule has 0 fully saturated rings. The second kappa shape index (κ2) is 10.5. The highest BCUT2D eigenvalue weighted by Gasteiger charge is 2.07. The van der Waals surface area contributed by atoms with Crippen LogP contribution in [0.5, 0.6) is 5.75 Å². The SMILES string of the molecule is CCCNCCNC(=O)COc1c(C)cc(C)cc1C.Cl. The fourth-order valence-corrected chi connectivity index (χ4v) is 2.18. The molecule has 120 valence electrons. The molecule has 4 nitrogen and oxygen atoms in total. The zero-order chi connectivity index (χ0) is 15.0. The van der Waals surface area contributed by atoms with Crippen molar-refractivity contribution < 1.29 is 9.53 Å². The van der Waals surface area contributed by atoms with Crippen molar-refractivity contribution in [2.24, 2.45) is 0 Å². The molecule has 0 atom stereocenters. The molecule has 0 heterocycles. The summed E-state index contributed by atoms with van der Waals surface area (Å²) in [7, 11) is 0. The van der Waals surface area contributed by atoms with E-state index in [9.17, 15) is 4.79 Å². The molecule has 0 radical (unpaired) electrons. The smallest absolute Gasteiger partial charge is 0.257 e. The predicted molar refractivity (Wildman–Crippen MR) is 89.6 cm³/mol. The first kappa shape index (κ1) is 19.7. The fraction of sp³-hybridized carbons (Fsp3) is 0.562. The molecule has 1 aromatic carbocycles. The number of halogens is 1. The Labute approximate surface area is 134 Å². The van der Waals surface area contributed by atoms with Gasteiger partial charge in [-0.05, 0) is 44.9 Å². The number of hydrogen-bond donors (Lipinski definition) is 2. The number of ether oxygens (including phenoxy) is 1. The lowest BCUT2D eigenvalue weighted by atomic mass is 10.1. The van der Waals surface area contributed by atoms with E-state index in [1.165, 1.54) is 5.56 Å². The second-order valence-electron chi connectivity index (χ2n) is 5.12. The van der Waals surface area contributed by atoms with Gasteiger partial charge in [-0.15, -0.1) is 12.4 Å². The van der Waals surface area contributed by atoms with Crippen molar-refractivity contribution in [3.8, 4) is 5.75 Å². The van der Waals surface area contributed by atoms with Crippen molar-refractivity contribution in [1.29, 1.82) is 0 Å². The van der Waals surface area contributed by atoms with Crippen LogP contribution in [0.4, 0.5) is 0 Å². The van der Waals surface area contributed by atoms with Crippen LogP contribution in [0.15, 0.2) is 12.1 Å². The van der Waals surface area contributed by atoms with E-state index >= 15 is 0 Å². The van der Waals surface area contributed by atoms with Crippen LogP contribution in [0.1, 0.15) is 30.0 Å². The Hall–Kier alpha value is -1.26. The average Bonchev–Trinajstić information content (AvgIpc) is 2.37. The van der Waals surface area contributed by atoms with E-state index in [2.05, 4.69) is 36.6 Å². The van der Waals surface area contributed by atoms with E-state index in [0.29, 0.717) is 6.54 Å². The maximum atomic E-state index is 11.7. The average molecular weight is 315 g/mol. The Kier molecular flexibility index (Phi) is 9.84. The summed E-state index contributed by atoms with van der Waals surface area (Å²) in [5.41, 5.74) is 3.35. The highest BCUT2D eigenvalue weighted by atomic mass is 35.5. The lowest BCUT2D eigenvalue weighted by Gasteiger charge is -2.13. The first-order chi connectivity index (χ1) is 9.54. The molecule has 1 aromatic rings. The summed E-state index contributed by atoms with van der Waals surface area (Å²) in [6.45, 7) is 10.7. The maximum absolute atomic E-state index is 11.7. The van der Waals surface area contributed by atoms with Gasteiger partial charge in [0.2, 0.25) is 0 Å². The van der Waals surface area contributed by atoms with E-state index in [0.717, 1.165) is 36.4 Å². The Morgan fingerprint density at radius 2 is 1.71 bits per heavy atom. The molecule has 0 aliphatic carbocycles. The number of rotatable bonds is 8. The molecule has 0 bridgehead atoms. The summed E-state index contributed by atoms with van der Waals surface area (Å²) in [6, 6.07) is 4.13. The molecule has 0 spiro atoms. The zero-order valence-electron chi connectivity index (χ0n) is 13.4. The first-order valence-corrected chi connectivity index (χ1v) is 7.22. The van der Waals surface area contributed by atoms with Gasteiger partial charge in [-0.1, -0.05) is 24.6 Å². The molecule has 1 amide bonds. The molecule has 0 saturated carbocycles. The predicted octanol–water partition coefficient (Wildman–Crippen LogP) is 2.53. The van der Waals surface area contributed by atoms with Crippen molar-refractivity contribution in [2.75, 3.05) is 26.2 Å². The number of nitrogens with one attached hydrogen (secondary N) is 2. The van der Waals surface area contributed by atoms with Gasteiger partial charge in [0.25, 0.3) is 5.91 Å². The third kappa shape index (κ3) is 7.34. The minimum Gasteiger partial charge on any atom is -0.483 e. The molecule has 21 heavy (non-hydrogen) atoms. The van der Waals surface area contributed by atoms with Crippen molar-refractivity contribution in [3.05, 3.63) is 28.8 Å². The highest BCUT2D eigenvalue weighted by molar-refractivity contribution is 5.85. The Morgan fingerprint density at radius 1 is 1.10 bits per heavy atom. The Bertz CT molecular complexity index is 427. The lowest BCUT2D eigenvalue weighted by molar-refractivity contribution is -0.123. The minimum absolute atomic E-state index is 0. The van der Waals surface area contributed by atoms with Gasteiger partial charge in [-0.2, -0.15) is 0 Å². The number of carbonyl (C=O) groups excluding carboxylic acids is 1. The van der Waals surface area contributed by atoms with Gasteiger partial charge >= 0.3 is 0 Å². The van der Waals surface area contributed by atoms with Gasteiger partial charge < -0.3 is 15.4 Å². The van der Waals surface area contributed by atoms with Crippen LogP contribution >= 0.6 is 12.4 Å². The third-order valence-corrected chi connectivity index (χ3v) is 3.00. The number of amides is 1. The van der Waals surface area contributed by atoms with Crippen molar-refractivity contribution in [3.63, 3.8) is 0 Å². The summed E-state index contributed by atoms with van der Waals surface area (Å²) in [4.78, 5) is 11.7. The Balaban J connectivity index is 0.00000400.